The number of nitrogens with zero attached hydrogens (tertiary/aromatic N) is 1. The van der Waals surface area contributed by atoms with Crippen molar-refractivity contribution < 1.29 is 4.79 Å². The lowest BCUT2D eigenvalue weighted by atomic mass is 9.92. The molecule has 20 heavy (non-hydrogen) atoms. The van der Waals surface area contributed by atoms with Gasteiger partial charge >= 0.3 is 0 Å². The first-order chi connectivity index (χ1) is 9.83. The van der Waals surface area contributed by atoms with Gasteiger partial charge in [-0.25, -0.2) is 0 Å². The number of hydrogen-bond acceptors (Lipinski definition) is 1. The molecular formula is C17H20N2O. The molecule has 0 bridgehead atoms. The van der Waals surface area contributed by atoms with Gasteiger partial charge in [0.15, 0.2) is 0 Å². The molecule has 1 saturated heterocycles. The first-order valence-corrected chi connectivity index (χ1v) is 7.71. The third-order valence-corrected chi connectivity index (χ3v) is 5.01. The van der Waals surface area contributed by atoms with Gasteiger partial charge in [0.05, 0.1) is 0 Å². The molecule has 1 aliphatic carbocycles. The number of carbonyl (C=O) groups is 1. The smallest absolute Gasteiger partial charge is 0.270 e. The quantitative estimate of drug-likeness (QED) is 0.843. The lowest BCUT2D eigenvalue weighted by Crippen LogP contribution is -2.46. The average Bonchev–Trinajstić information content (AvgIpc) is 3.12. The number of benzene rings is 1. The minimum absolute atomic E-state index is 0.192. The fourth-order valence-electron chi connectivity index (χ4n) is 4.05. The van der Waals surface area contributed by atoms with Crippen LogP contribution in [0.15, 0.2) is 30.3 Å². The van der Waals surface area contributed by atoms with E-state index < -0.39 is 0 Å². The van der Waals surface area contributed by atoms with Crippen LogP contribution in [0, 0.1) is 5.92 Å². The monoisotopic (exact) mass is 268 g/mol. The van der Waals surface area contributed by atoms with E-state index in [0.717, 1.165) is 35.5 Å². The summed E-state index contributed by atoms with van der Waals surface area (Å²) in [5.74, 6) is 0.940. The van der Waals surface area contributed by atoms with Gasteiger partial charge < -0.3 is 9.88 Å². The SMILES string of the molecule is O=C(c1cc2ccccc2[nH]1)N1CCCC2CCCC21. The zero-order chi connectivity index (χ0) is 13.5. The molecule has 3 nitrogen and oxygen atoms in total. The Morgan fingerprint density at radius 3 is 2.90 bits per heavy atom. The molecule has 2 heterocycles. The number of para-hydroxylation sites is 1. The molecule has 2 atom stereocenters. The molecule has 2 aliphatic rings. The van der Waals surface area contributed by atoms with Gasteiger partial charge in [-0.05, 0) is 43.7 Å². The van der Waals surface area contributed by atoms with Crippen molar-refractivity contribution in [2.24, 2.45) is 5.92 Å². The molecule has 1 saturated carbocycles. The molecule has 1 N–H and O–H groups in total. The van der Waals surface area contributed by atoms with E-state index in [2.05, 4.69) is 16.0 Å². The van der Waals surface area contributed by atoms with Crippen LogP contribution in [0.1, 0.15) is 42.6 Å². The zero-order valence-electron chi connectivity index (χ0n) is 11.6. The Morgan fingerprint density at radius 2 is 2.00 bits per heavy atom. The molecule has 0 radical (unpaired) electrons. The van der Waals surface area contributed by atoms with E-state index in [9.17, 15) is 4.79 Å². The van der Waals surface area contributed by atoms with Crippen molar-refractivity contribution in [1.29, 1.82) is 0 Å². The predicted octanol–water partition coefficient (Wildman–Crippen LogP) is 3.57. The zero-order valence-corrected chi connectivity index (χ0v) is 11.6. The standard InChI is InChI=1S/C17H20N2O/c20-17(15-11-13-5-1-2-8-14(13)18-15)19-10-4-7-12-6-3-9-16(12)19/h1-2,5,8,11-12,16,18H,3-4,6-7,9-10H2. The van der Waals surface area contributed by atoms with Gasteiger partial charge in [-0.2, -0.15) is 0 Å². The molecule has 1 aromatic heterocycles. The summed E-state index contributed by atoms with van der Waals surface area (Å²) in [6, 6.07) is 10.6. The van der Waals surface area contributed by atoms with Crippen LogP contribution in [0.3, 0.4) is 0 Å². The third kappa shape index (κ3) is 1.84. The van der Waals surface area contributed by atoms with E-state index in [0.29, 0.717) is 6.04 Å². The third-order valence-electron chi connectivity index (χ3n) is 5.01. The number of hydrogen-bond donors (Lipinski definition) is 1. The summed E-state index contributed by atoms with van der Waals surface area (Å²) < 4.78 is 0. The highest BCUT2D eigenvalue weighted by molar-refractivity contribution is 5.98. The minimum Gasteiger partial charge on any atom is -0.351 e. The van der Waals surface area contributed by atoms with Crippen LogP contribution in [0.5, 0.6) is 0 Å². The van der Waals surface area contributed by atoms with Gasteiger partial charge in [-0.3, -0.25) is 4.79 Å². The van der Waals surface area contributed by atoms with Crippen LogP contribution in [0.2, 0.25) is 0 Å². The predicted molar refractivity (Wildman–Crippen MR) is 79.7 cm³/mol. The van der Waals surface area contributed by atoms with Gasteiger partial charge in [-0.15, -0.1) is 0 Å². The number of rotatable bonds is 1. The molecule has 3 heteroatoms. The van der Waals surface area contributed by atoms with Gasteiger partial charge in [0.1, 0.15) is 5.69 Å². The van der Waals surface area contributed by atoms with Gasteiger partial charge in [0.25, 0.3) is 5.91 Å². The Hall–Kier alpha value is -1.77. The summed E-state index contributed by atoms with van der Waals surface area (Å²) in [6.45, 7) is 0.926. The second kappa shape index (κ2) is 4.65. The fraction of sp³-hybridized carbons (Fsp3) is 0.471. The highest BCUT2D eigenvalue weighted by Crippen LogP contribution is 2.37. The minimum atomic E-state index is 0.192. The molecule has 1 aromatic carbocycles. The van der Waals surface area contributed by atoms with Crippen molar-refractivity contribution >= 4 is 16.8 Å². The Kier molecular flexibility index (Phi) is 2.79. The highest BCUT2D eigenvalue weighted by Gasteiger charge is 2.37. The molecule has 104 valence electrons. The number of amides is 1. The number of nitrogens with one attached hydrogen (secondary N) is 1. The Labute approximate surface area is 119 Å². The Balaban J connectivity index is 1.65. The number of fused-ring (bicyclic) bond motifs is 2. The van der Waals surface area contributed by atoms with E-state index >= 15 is 0 Å². The number of carbonyl (C=O) groups excluding carboxylic acids is 1. The van der Waals surface area contributed by atoms with Crippen LogP contribution in [0.25, 0.3) is 10.9 Å². The molecule has 1 aliphatic heterocycles. The Morgan fingerprint density at radius 1 is 1.15 bits per heavy atom. The normalized spacial score (nSPS) is 25.9. The fourth-order valence-corrected chi connectivity index (χ4v) is 4.05. The van der Waals surface area contributed by atoms with Crippen LogP contribution in [-0.2, 0) is 0 Å². The molecule has 2 fully saturated rings. The first kappa shape index (κ1) is 12.0. The molecule has 4 rings (SSSR count). The van der Waals surface area contributed by atoms with Crippen LogP contribution in [-0.4, -0.2) is 28.4 Å². The Bertz CT molecular complexity index is 612. The number of aromatic nitrogens is 1. The highest BCUT2D eigenvalue weighted by atomic mass is 16.2. The second-order valence-electron chi connectivity index (χ2n) is 6.17. The van der Waals surface area contributed by atoms with E-state index in [4.69, 9.17) is 0 Å². The topological polar surface area (TPSA) is 36.1 Å². The molecule has 1 amide bonds. The largest absolute Gasteiger partial charge is 0.351 e. The first-order valence-electron chi connectivity index (χ1n) is 7.71. The summed E-state index contributed by atoms with van der Waals surface area (Å²) in [5.41, 5.74) is 1.80. The molecular weight excluding hydrogens is 248 g/mol. The summed E-state index contributed by atoms with van der Waals surface area (Å²) in [6.07, 6.45) is 6.25. The van der Waals surface area contributed by atoms with Crippen molar-refractivity contribution in [3.05, 3.63) is 36.0 Å². The van der Waals surface area contributed by atoms with Crippen molar-refractivity contribution in [3.8, 4) is 0 Å². The maximum absolute atomic E-state index is 12.8. The van der Waals surface area contributed by atoms with Gasteiger partial charge in [0, 0.05) is 23.5 Å². The van der Waals surface area contributed by atoms with Crippen molar-refractivity contribution in [3.63, 3.8) is 0 Å². The molecule has 2 aromatic rings. The number of piperidine rings is 1. The number of aromatic amines is 1. The van der Waals surface area contributed by atoms with Crippen LogP contribution in [0.4, 0.5) is 0 Å². The lowest BCUT2D eigenvalue weighted by Gasteiger charge is -2.37. The summed E-state index contributed by atoms with van der Waals surface area (Å²) in [7, 11) is 0. The van der Waals surface area contributed by atoms with Crippen LogP contribution < -0.4 is 0 Å². The van der Waals surface area contributed by atoms with Crippen LogP contribution >= 0.6 is 0 Å². The lowest BCUT2D eigenvalue weighted by molar-refractivity contribution is 0.0543. The van der Waals surface area contributed by atoms with E-state index in [1.165, 1.54) is 25.7 Å². The van der Waals surface area contributed by atoms with Crippen molar-refractivity contribution in [2.75, 3.05) is 6.54 Å². The summed E-state index contributed by atoms with van der Waals surface area (Å²) in [5, 5.41) is 1.12. The average molecular weight is 268 g/mol. The number of H-pyrrole nitrogens is 1. The van der Waals surface area contributed by atoms with Crippen molar-refractivity contribution in [2.45, 2.75) is 38.1 Å². The summed E-state index contributed by atoms with van der Waals surface area (Å²) >= 11 is 0. The van der Waals surface area contributed by atoms with Gasteiger partial charge in [0.2, 0.25) is 0 Å². The van der Waals surface area contributed by atoms with E-state index in [1.54, 1.807) is 0 Å². The number of likely N-dealkylation sites (tertiary alicyclic amines) is 1. The van der Waals surface area contributed by atoms with E-state index in [-0.39, 0.29) is 5.91 Å². The van der Waals surface area contributed by atoms with Gasteiger partial charge in [-0.1, -0.05) is 24.6 Å². The molecule has 0 spiro atoms. The van der Waals surface area contributed by atoms with Crippen molar-refractivity contribution in [1.82, 2.24) is 9.88 Å². The maximum atomic E-state index is 12.8. The second-order valence-corrected chi connectivity index (χ2v) is 6.17. The summed E-state index contributed by atoms with van der Waals surface area (Å²) in [4.78, 5) is 18.2. The van der Waals surface area contributed by atoms with E-state index in [1.807, 2.05) is 24.3 Å². The molecule has 2 unspecified atom stereocenters. The maximum Gasteiger partial charge on any atom is 0.270 e.